The first-order valence-corrected chi connectivity index (χ1v) is 9.22. The van der Waals surface area contributed by atoms with Crippen LogP contribution in [-0.2, 0) is 9.53 Å². The van der Waals surface area contributed by atoms with Crippen molar-refractivity contribution in [2.24, 2.45) is 5.92 Å². The van der Waals surface area contributed by atoms with Crippen LogP contribution in [0, 0.1) is 11.7 Å². The maximum Gasteiger partial charge on any atom is 0.329 e. The maximum atomic E-state index is 13.3. The number of Topliss-reactive ketones (excluding diaryl/α,β-unsaturated/α-hetero) is 1. The van der Waals surface area contributed by atoms with E-state index in [1.54, 1.807) is 12.1 Å². The topological polar surface area (TPSA) is 80.8 Å². The molecule has 6 nitrogen and oxygen atoms in total. The first-order chi connectivity index (χ1) is 13.8. The number of imide groups is 1. The fourth-order valence-corrected chi connectivity index (χ4v) is 3.22. The molecule has 0 N–H and O–H groups in total. The van der Waals surface area contributed by atoms with Gasteiger partial charge in [0.1, 0.15) is 11.9 Å². The number of nitrogens with zero attached hydrogens (tertiary/aromatic N) is 1. The molecule has 2 amide bonds. The second-order valence-corrected chi connectivity index (χ2v) is 7.21. The van der Waals surface area contributed by atoms with Gasteiger partial charge in [-0.25, -0.2) is 9.18 Å². The molecule has 0 radical (unpaired) electrons. The van der Waals surface area contributed by atoms with Crippen LogP contribution in [-0.4, -0.2) is 41.1 Å². The fraction of sp³-hybridized carbons (Fsp3) is 0.273. The first-order valence-electron chi connectivity index (χ1n) is 9.22. The van der Waals surface area contributed by atoms with Gasteiger partial charge in [-0.15, -0.1) is 0 Å². The van der Waals surface area contributed by atoms with E-state index in [0.717, 1.165) is 11.0 Å². The third-order valence-corrected chi connectivity index (χ3v) is 4.60. The zero-order chi connectivity index (χ0) is 21.1. The van der Waals surface area contributed by atoms with Gasteiger partial charge in [0, 0.05) is 5.56 Å². The molecule has 0 aliphatic carbocycles. The van der Waals surface area contributed by atoms with E-state index >= 15 is 0 Å². The second kappa shape index (κ2) is 8.34. The highest BCUT2D eigenvalue weighted by Crippen LogP contribution is 2.27. The lowest BCUT2D eigenvalue weighted by Crippen LogP contribution is -2.46. The molecule has 0 aromatic heterocycles. The number of carbonyl (C=O) groups is 4. The number of hydrogen-bond donors (Lipinski definition) is 0. The maximum absolute atomic E-state index is 13.3. The van der Waals surface area contributed by atoms with Gasteiger partial charge in [0.2, 0.25) is 0 Å². The number of benzene rings is 2. The van der Waals surface area contributed by atoms with Gasteiger partial charge in [-0.3, -0.25) is 19.3 Å². The molecule has 7 heteroatoms. The molecule has 0 bridgehead atoms. The summed E-state index contributed by atoms with van der Waals surface area (Å²) in [5, 5.41) is 0. The van der Waals surface area contributed by atoms with Crippen LogP contribution < -0.4 is 0 Å². The van der Waals surface area contributed by atoms with Gasteiger partial charge in [-0.2, -0.15) is 0 Å². The van der Waals surface area contributed by atoms with Crippen LogP contribution in [0.2, 0.25) is 0 Å². The van der Waals surface area contributed by atoms with Crippen molar-refractivity contribution < 1.29 is 28.3 Å². The van der Waals surface area contributed by atoms with Gasteiger partial charge < -0.3 is 4.74 Å². The van der Waals surface area contributed by atoms with Gasteiger partial charge in [0.05, 0.1) is 11.1 Å². The minimum atomic E-state index is -1.15. The number of ether oxygens (including phenoxy) is 1. The summed E-state index contributed by atoms with van der Waals surface area (Å²) in [6.07, 6.45) is 0.193. The van der Waals surface area contributed by atoms with Crippen LogP contribution in [0.5, 0.6) is 0 Å². The molecule has 2 aromatic carbocycles. The largest absolute Gasteiger partial charge is 0.456 e. The Morgan fingerprint density at radius 2 is 1.62 bits per heavy atom. The zero-order valence-electron chi connectivity index (χ0n) is 16.1. The summed E-state index contributed by atoms with van der Waals surface area (Å²) in [5.74, 6) is -3.16. The average molecular weight is 397 g/mol. The molecule has 3 rings (SSSR count). The van der Waals surface area contributed by atoms with Crippen molar-refractivity contribution in [3.05, 3.63) is 71.0 Å². The number of ketones is 1. The Balaban J connectivity index is 1.77. The Bertz CT molecular complexity index is 950. The van der Waals surface area contributed by atoms with Gasteiger partial charge in [0.15, 0.2) is 12.4 Å². The number of hydrogen-bond acceptors (Lipinski definition) is 5. The van der Waals surface area contributed by atoms with Crippen LogP contribution in [0.4, 0.5) is 4.39 Å². The van der Waals surface area contributed by atoms with Crippen LogP contribution in [0.15, 0.2) is 48.5 Å². The molecule has 29 heavy (non-hydrogen) atoms. The number of esters is 1. The fourth-order valence-electron chi connectivity index (χ4n) is 3.22. The van der Waals surface area contributed by atoms with Crippen LogP contribution in [0.1, 0.15) is 51.3 Å². The Labute approximate surface area is 167 Å². The molecule has 0 saturated heterocycles. The standard InChI is InChI=1S/C22H20FNO5/c1-13(2)10-18(24-20(26)16-8-3-4-9-17(16)21(24)27)22(28)29-12-19(25)14-6-5-7-15(23)11-14/h3-9,11,13,18H,10,12H2,1-2H3/t18-/m0/s1. The molecule has 1 aliphatic rings. The smallest absolute Gasteiger partial charge is 0.329 e. The molecule has 2 aromatic rings. The van der Waals surface area contributed by atoms with Gasteiger partial charge in [0.25, 0.3) is 11.8 Å². The summed E-state index contributed by atoms with van der Waals surface area (Å²) < 4.78 is 18.4. The predicted molar refractivity (Wildman–Crippen MR) is 102 cm³/mol. The second-order valence-electron chi connectivity index (χ2n) is 7.21. The Hall–Kier alpha value is -3.35. The summed E-state index contributed by atoms with van der Waals surface area (Å²) in [7, 11) is 0. The molecule has 0 spiro atoms. The SMILES string of the molecule is CC(C)C[C@@H](C(=O)OCC(=O)c1cccc(F)c1)N1C(=O)c2ccccc2C1=O. The van der Waals surface area contributed by atoms with Crippen molar-refractivity contribution in [3.8, 4) is 0 Å². The Morgan fingerprint density at radius 1 is 1.00 bits per heavy atom. The molecule has 1 aliphatic heterocycles. The van der Waals surface area contributed by atoms with E-state index in [-0.39, 0.29) is 29.0 Å². The minimum absolute atomic E-state index is 0.0178. The lowest BCUT2D eigenvalue weighted by atomic mass is 10.0. The highest BCUT2D eigenvalue weighted by molar-refractivity contribution is 6.22. The number of amides is 2. The number of halogens is 1. The van der Waals surface area contributed by atoms with Gasteiger partial charge in [-0.1, -0.05) is 38.1 Å². The lowest BCUT2D eigenvalue weighted by Gasteiger charge is -2.25. The highest BCUT2D eigenvalue weighted by Gasteiger charge is 2.43. The highest BCUT2D eigenvalue weighted by atomic mass is 19.1. The Kier molecular flexibility index (Phi) is 5.87. The molecule has 0 saturated carbocycles. The lowest BCUT2D eigenvalue weighted by molar-refractivity contribution is -0.147. The number of carbonyl (C=O) groups excluding carboxylic acids is 4. The van der Waals surface area contributed by atoms with Crippen molar-refractivity contribution in [1.82, 2.24) is 4.90 Å². The van der Waals surface area contributed by atoms with Crippen molar-refractivity contribution >= 4 is 23.6 Å². The third-order valence-electron chi connectivity index (χ3n) is 4.60. The van der Waals surface area contributed by atoms with Crippen LogP contribution >= 0.6 is 0 Å². The summed E-state index contributed by atoms with van der Waals surface area (Å²) in [4.78, 5) is 51.2. The third kappa shape index (κ3) is 4.23. The molecular formula is C22H20FNO5. The van der Waals surface area contributed by atoms with E-state index in [1.165, 1.54) is 30.3 Å². The summed E-state index contributed by atoms with van der Waals surface area (Å²) in [6.45, 7) is 3.08. The van der Waals surface area contributed by atoms with Crippen molar-refractivity contribution in [2.75, 3.05) is 6.61 Å². The summed E-state index contributed by atoms with van der Waals surface area (Å²) in [5.41, 5.74) is 0.531. The van der Waals surface area contributed by atoms with E-state index in [9.17, 15) is 23.6 Å². The minimum Gasteiger partial charge on any atom is -0.456 e. The quantitative estimate of drug-likeness (QED) is 0.407. The molecule has 1 atom stereocenters. The zero-order valence-corrected chi connectivity index (χ0v) is 16.1. The van der Waals surface area contributed by atoms with Crippen molar-refractivity contribution in [1.29, 1.82) is 0 Å². The van der Waals surface area contributed by atoms with Crippen molar-refractivity contribution in [2.45, 2.75) is 26.3 Å². The van der Waals surface area contributed by atoms with Crippen molar-refractivity contribution in [3.63, 3.8) is 0 Å². The number of rotatable bonds is 7. The average Bonchev–Trinajstić information content (AvgIpc) is 2.94. The van der Waals surface area contributed by atoms with Crippen LogP contribution in [0.3, 0.4) is 0 Å². The monoisotopic (exact) mass is 397 g/mol. The van der Waals surface area contributed by atoms with E-state index in [2.05, 4.69) is 0 Å². The van der Waals surface area contributed by atoms with E-state index in [4.69, 9.17) is 4.74 Å². The molecule has 150 valence electrons. The predicted octanol–water partition coefficient (Wildman–Crippen LogP) is 3.26. The van der Waals surface area contributed by atoms with E-state index in [0.29, 0.717) is 0 Å². The van der Waals surface area contributed by atoms with E-state index < -0.39 is 42.0 Å². The summed E-state index contributed by atoms with van der Waals surface area (Å²) in [6, 6.07) is 10.2. The summed E-state index contributed by atoms with van der Waals surface area (Å²) >= 11 is 0. The molecule has 0 unspecified atom stereocenters. The molecular weight excluding hydrogens is 377 g/mol. The first kappa shape index (κ1) is 20.4. The normalized spacial score (nSPS) is 14.1. The van der Waals surface area contributed by atoms with E-state index in [1.807, 2.05) is 13.8 Å². The Morgan fingerprint density at radius 3 is 2.17 bits per heavy atom. The number of fused-ring (bicyclic) bond motifs is 1. The van der Waals surface area contributed by atoms with Gasteiger partial charge in [-0.05, 0) is 36.6 Å². The molecule has 1 heterocycles. The molecule has 0 fully saturated rings. The van der Waals surface area contributed by atoms with Gasteiger partial charge >= 0.3 is 5.97 Å². The van der Waals surface area contributed by atoms with Crippen LogP contribution in [0.25, 0.3) is 0 Å².